The Balaban J connectivity index is 1.35. The highest BCUT2D eigenvalue weighted by Crippen LogP contribution is 2.47. The van der Waals surface area contributed by atoms with E-state index in [4.69, 9.17) is 40.0 Å². The van der Waals surface area contributed by atoms with Gasteiger partial charge in [-0.05, 0) is 44.5 Å². The molecule has 1 N–H and O–H groups in total. The molecule has 0 spiro atoms. The van der Waals surface area contributed by atoms with Crippen molar-refractivity contribution in [2.45, 2.75) is 120 Å². The number of benzene rings is 1. The number of fused-ring (bicyclic) bond motifs is 1. The first kappa shape index (κ1) is 36.3. The number of nitrogens with one attached hydrogen (secondary N) is 1. The number of sulfonamides is 1. The van der Waals surface area contributed by atoms with E-state index in [1.54, 1.807) is 13.8 Å². The van der Waals surface area contributed by atoms with Crippen molar-refractivity contribution < 1.29 is 41.6 Å². The lowest BCUT2D eigenvalue weighted by molar-refractivity contribution is -0.279. The Hall–Kier alpha value is -1.51. The van der Waals surface area contributed by atoms with Gasteiger partial charge in [0.15, 0.2) is 18.0 Å². The molecule has 1 amide bonds. The van der Waals surface area contributed by atoms with E-state index >= 15 is 0 Å². The van der Waals surface area contributed by atoms with Gasteiger partial charge < -0.3 is 28.4 Å². The van der Waals surface area contributed by atoms with Gasteiger partial charge in [-0.2, -0.15) is 0 Å². The molecule has 3 fully saturated rings. The third kappa shape index (κ3) is 10.8. The number of amides is 1. The Morgan fingerprint density at radius 1 is 0.978 bits per heavy atom. The van der Waals surface area contributed by atoms with Crippen LogP contribution in [0.2, 0.25) is 5.02 Å². The third-order valence-corrected chi connectivity index (χ3v) is 9.93. The number of carbonyl (C=O) groups is 1. The zero-order valence-electron chi connectivity index (χ0n) is 27.0. The van der Waals surface area contributed by atoms with Crippen molar-refractivity contribution in [3.05, 3.63) is 29.3 Å². The molecule has 3 aliphatic heterocycles. The van der Waals surface area contributed by atoms with Gasteiger partial charge in [0.2, 0.25) is 5.79 Å². The summed E-state index contributed by atoms with van der Waals surface area (Å²) in [5, 5.41) is 0.373. The lowest BCUT2D eigenvalue weighted by Crippen LogP contribution is -2.48. The smallest absolute Gasteiger partial charge is 0.421 e. The molecule has 3 saturated heterocycles. The predicted octanol–water partition coefficient (Wildman–Crippen LogP) is 5.64. The zero-order chi connectivity index (χ0) is 32.3. The van der Waals surface area contributed by atoms with E-state index in [-0.39, 0.29) is 11.5 Å². The Bertz CT molecular complexity index is 1160. The second kappa shape index (κ2) is 17.1. The lowest BCUT2D eigenvalue weighted by atomic mass is 10.0. The first-order valence-corrected chi connectivity index (χ1v) is 18.3. The number of unbranched alkanes of at least 4 members (excludes halogenated alkanes) is 9. The van der Waals surface area contributed by atoms with Crippen LogP contribution in [-0.4, -0.2) is 95.4 Å². The van der Waals surface area contributed by atoms with E-state index in [1.807, 2.05) is 4.72 Å². The highest BCUT2D eigenvalue weighted by molar-refractivity contribution is 7.90. The van der Waals surface area contributed by atoms with Gasteiger partial charge in [-0.1, -0.05) is 76.3 Å². The molecule has 1 aromatic carbocycles. The van der Waals surface area contributed by atoms with Crippen molar-refractivity contribution in [3.8, 4) is 0 Å². The largest absolute Gasteiger partial charge is 0.440 e. The number of rotatable bonds is 18. The van der Waals surface area contributed by atoms with Crippen LogP contribution >= 0.6 is 11.6 Å². The van der Waals surface area contributed by atoms with Gasteiger partial charge >= 0.3 is 6.09 Å². The maximum absolute atomic E-state index is 13.1. The number of nitrogens with zero attached hydrogens (tertiary/aromatic N) is 1. The average Bonchev–Trinajstić information content (AvgIpc) is 3.40. The minimum absolute atomic E-state index is 0.0860. The topological polar surface area (TPSA) is 122 Å². The molecule has 4 atom stereocenters. The zero-order valence-corrected chi connectivity index (χ0v) is 28.5. The van der Waals surface area contributed by atoms with Crippen molar-refractivity contribution in [1.82, 2.24) is 9.62 Å². The highest BCUT2D eigenvalue weighted by Gasteiger charge is 2.66. The number of carbonyl (C=O) groups excluding carboxylic acids is 1. The molecule has 45 heavy (non-hydrogen) atoms. The Kier molecular flexibility index (Phi) is 13.8. The molecule has 3 aliphatic rings. The van der Waals surface area contributed by atoms with Crippen LogP contribution in [0.3, 0.4) is 0 Å². The van der Waals surface area contributed by atoms with Gasteiger partial charge in [-0.15, -0.1) is 0 Å². The fraction of sp³-hybridized carbons (Fsp3) is 0.781. The molecule has 0 unspecified atom stereocenters. The third-order valence-electron chi connectivity index (χ3n) is 8.35. The van der Waals surface area contributed by atoms with Crippen LogP contribution in [0.4, 0.5) is 4.79 Å². The Labute approximate surface area is 273 Å². The minimum Gasteiger partial charge on any atom is -0.440 e. The summed E-state index contributed by atoms with van der Waals surface area (Å²) < 4.78 is 64.2. The van der Waals surface area contributed by atoms with Crippen molar-refractivity contribution in [2.75, 3.05) is 46.1 Å². The van der Waals surface area contributed by atoms with E-state index in [2.05, 4.69) is 11.8 Å². The van der Waals surface area contributed by atoms with Gasteiger partial charge in [0.25, 0.3) is 10.0 Å². The molecular weight excluding hydrogens is 624 g/mol. The second-order valence-electron chi connectivity index (χ2n) is 12.6. The van der Waals surface area contributed by atoms with Crippen molar-refractivity contribution in [3.63, 3.8) is 0 Å². The van der Waals surface area contributed by atoms with Crippen molar-refractivity contribution in [1.29, 1.82) is 0 Å². The Morgan fingerprint density at radius 2 is 1.60 bits per heavy atom. The molecule has 11 nitrogen and oxygen atoms in total. The summed E-state index contributed by atoms with van der Waals surface area (Å²) in [4.78, 5) is 15.1. The summed E-state index contributed by atoms with van der Waals surface area (Å²) >= 11 is 5.89. The predicted molar refractivity (Wildman–Crippen MR) is 170 cm³/mol. The van der Waals surface area contributed by atoms with Gasteiger partial charge in [-0.25, -0.2) is 17.9 Å². The van der Waals surface area contributed by atoms with Crippen LogP contribution in [0.1, 0.15) is 85.0 Å². The van der Waals surface area contributed by atoms with Gasteiger partial charge in [-0.3, -0.25) is 4.90 Å². The summed E-state index contributed by atoms with van der Waals surface area (Å²) in [6, 6.07) is 5.48. The molecule has 0 aliphatic carbocycles. The quantitative estimate of drug-likeness (QED) is 0.196. The second-order valence-corrected chi connectivity index (χ2v) is 14.7. The van der Waals surface area contributed by atoms with Crippen LogP contribution < -0.4 is 4.72 Å². The number of hydrogen-bond donors (Lipinski definition) is 1. The summed E-state index contributed by atoms with van der Waals surface area (Å²) in [5.74, 6) is -2.36. The number of hydrogen-bond acceptors (Lipinski definition) is 10. The molecule has 13 heteroatoms. The fourth-order valence-electron chi connectivity index (χ4n) is 6.12. The number of ether oxygens (including phenoxy) is 6. The molecular formula is C32H51ClN2O9S. The summed E-state index contributed by atoms with van der Waals surface area (Å²) in [6.45, 7) is 9.32. The van der Waals surface area contributed by atoms with E-state index in [9.17, 15) is 13.2 Å². The van der Waals surface area contributed by atoms with Gasteiger partial charge in [0, 0.05) is 31.3 Å². The SMILES string of the molecule is CCCCCCCCCCCCOC[C@@]12O[C@@H](CN3CCOCC3)[C@@H](OC(=O)NS(=O)(=O)c3ccc(Cl)cc3)[C@@H]1OC(C)(C)O2. The Morgan fingerprint density at radius 3 is 2.24 bits per heavy atom. The van der Waals surface area contributed by atoms with E-state index < -0.39 is 46.0 Å². The standard InChI is InChI=1S/C32H51ClN2O9S/c1-4-5-6-7-8-9-10-11-12-13-20-40-24-32-29(43-31(2,3)44-32)28(27(42-32)23-35-18-21-39-22-19-35)41-30(36)34-45(37,38)26-16-14-25(33)15-17-26/h14-17,27-29H,4-13,18-24H2,1-3H3,(H,34,36)/t27-,28+,29-,32-/m0/s1. The summed E-state index contributed by atoms with van der Waals surface area (Å²) in [5.41, 5.74) is 0. The average molecular weight is 675 g/mol. The van der Waals surface area contributed by atoms with Crippen LogP contribution in [0, 0.1) is 0 Å². The number of morpholine rings is 1. The van der Waals surface area contributed by atoms with E-state index in [0.717, 1.165) is 12.8 Å². The number of halogens is 1. The van der Waals surface area contributed by atoms with Crippen LogP contribution in [0.25, 0.3) is 0 Å². The summed E-state index contributed by atoms with van der Waals surface area (Å²) in [6.07, 6.45) is 8.69. The van der Waals surface area contributed by atoms with Crippen LogP contribution in [0.15, 0.2) is 29.2 Å². The molecule has 0 radical (unpaired) electrons. The van der Waals surface area contributed by atoms with E-state index in [0.29, 0.717) is 44.5 Å². The van der Waals surface area contributed by atoms with Crippen LogP contribution in [-0.2, 0) is 38.4 Å². The monoisotopic (exact) mass is 674 g/mol. The molecule has 3 heterocycles. The molecule has 0 bridgehead atoms. The van der Waals surface area contributed by atoms with Crippen molar-refractivity contribution >= 4 is 27.7 Å². The van der Waals surface area contributed by atoms with Crippen molar-refractivity contribution in [2.24, 2.45) is 0 Å². The van der Waals surface area contributed by atoms with Gasteiger partial charge in [0.05, 0.1) is 18.1 Å². The normalized spacial score (nSPS) is 26.5. The highest BCUT2D eigenvalue weighted by atomic mass is 35.5. The van der Waals surface area contributed by atoms with Crippen LogP contribution in [0.5, 0.6) is 0 Å². The fourth-order valence-corrected chi connectivity index (χ4v) is 7.12. The molecule has 4 rings (SSSR count). The maximum atomic E-state index is 13.1. The molecule has 0 aromatic heterocycles. The summed E-state index contributed by atoms with van der Waals surface area (Å²) in [7, 11) is -4.21. The molecule has 1 aromatic rings. The lowest BCUT2D eigenvalue weighted by Gasteiger charge is -2.32. The maximum Gasteiger partial charge on any atom is 0.421 e. The first-order valence-electron chi connectivity index (χ1n) is 16.5. The van der Waals surface area contributed by atoms with Gasteiger partial charge in [0.1, 0.15) is 12.7 Å². The molecule has 256 valence electrons. The molecule has 0 saturated carbocycles. The van der Waals surface area contributed by atoms with E-state index in [1.165, 1.54) is 75.6 Å². The first-order chi connectivity index (χ1) is 21.5. The minimum atomic E-state index is -4.21.